The van der Waals surface area contributed by atoms with Gasteiger partial charge >= 0.3 is 10.4 Å². The second kappa shape index (κ2) is 4.74. The Labute approximate surface area is 85.0 Å². The third-order valence-electron chi connectivity index (χ3n) is 0.924. The fourth-order valence-electron chi connectivity index (χ4n) is 0.500. The first-order chi connectivity index (χ1) is 5.62. The van der Waals surface area contributed by atoms with Gasteiger partial charge in [-0.1, -0.05) is 23.2 Å². The van der Waals surface area contributed by atoms with Gasteiger partial charge in [-0.25, -0.2) is 0 Å². The first-order valence-electron chi connectivity index (χ1n) is 3.04. The van der Waals surface area contributed by atoms with Crippen LogP contribution in [-0.4, -0.2) is 34.0 Å². The number of rotatable bonds is 5. The van der Waals surface area contributed by atoms with E-state index < -0.39 is 27.6 Å². The van der Waals surface area contributed by atoms with Gasteiger partial charge in [-0.05, 0) is 6.42 Å². The smallest absolute Gasteiger partial charge is 0.378 e. The van der Waals surface area contributed by atoms with E-state index in [1.165, 1.54) is 0 Å². The van der Waals surface area contributed by atoms with Crippen molar-refractivity contribution in [2.24, 2.45) is 0 Å². The summed E-state index contributed by atoms with van der Waals surface area (Å²) in [6, 6.07) is 0. The molecule has 2 atom stereocenters. The van der Waals surface area contributed by atoms with Crippen LogP contribution in [0, 0.1) is 0 Å². The summed E-state index contributed by atoms with van der Waals surface area (Å²) in [4.78, 5) is 0. The molecular weight excluding hydrogens is 247 g/mol. The lowest BCUT2D eigenvalue weighted by atomic mass is 10.3. The number of hydrogen-bond donors (Lipinski definition) is 3. The molecule has 0 bridgehead atoms. The van der Waals surface area contributed by atoms with Crippen LogP contribution < -0.4 is 0 Å². The second-order valence-corrected chi connectivity index (χ2v) is 4.29. The molecule has 0 rings (SSSR count). The van der Waals surface area contributed by atoms with E-state index in [4.69, 9.17) is 38.0 Å². The minimum atomic E-state index is -4.84. The van der Waals surface area contributed by atoms with Gasteiger partial charge in [0.05, 0.1) is 0 Å². The van der Waals surface area contributed by atoms with Crippen molar-refractivity contribution >= 4 is 33.6 Å². The van der Waals surface area contributed by atoms with E-state index in [0.29, 0.717) is 0 Å². The van der Waals surface area contributed by atoms with Crippen LogP contribution in [0.4, 0.5) is 0 Å². The van der Waals surface area contributed by atoms with Gasteiger partial charge in [-0.3, -0.25) is 4.55 Å². The van der Waals surface area contributed by atoms with E-state index >= 15 is 0 Å². The van der Waals surface area contributed by atoms with Crippen LogP contribution in [0.15, 0.2) is 0 Å². The molecule has 9 heteroatoms. The zero-order valence-electron chi connectivity index (χ0n) is 6.22. The molecule has 0 radical (unpaired) electrons. The van der Waals surface area contributed by atoms with Crippen molar-refractivity contribution in [3.05, 3.63) is 0 Å². The summed E-state index contributed by atoms with van der Waals surface area (Å²) in [7, 11) is -4.84. The summed E-state index contributed by atoms with van der Waals surface area (Å²) in [5.74, 6) is 0. The van der Waals surface area contributed by atoms with Gasteiger partial charge in [-0.2, -0.15) is 12.6 Å². The van der Waals surface area contributed by atoms with Crippen molar-refractivity contribution in [3.8, 4) is 0 Å². The van der Waals surface area contributed by atoms with Crippen LogP contribution in [0.3, 0.4) is 0 Å². The van der Waals surface area contributed by atoms with E-state index in [1.807, 2.05) is 0 Å². The summed E-state index contributed by atoms with van der Waals surface area (Å²) in [5.41, 5.74) is -1.28. The summed E-state index contributed by atoms with van der Waals surface area (Å²) in [6.45, 7) is 0. The molecule has 0 aliphatic carbocycles. The molecule has 0 amide bonds. The Bertz CT molecular complexity index is 247. The summed E-state index contributed by atoms with van der Waals surface area (Å²) >= 11 is 10.2. The topological polar surface area (TPSA) is 104 Å². The normalized spacial score (nSPS) is 19.5. The Morgan fingerprint density at radius 2 is 2.00 bits per heavy atom. The molecule has 3 N–H and O–H groups in total. The Kier molecular flexibility index (Phi) is 4.87. The van der Waals surface area contributed by atoms with Crippen molar-refractivity contribution in [2.75, 3.05) is 0 Å². The van der Waals surface area contributed by atoms with Gasteiger partial charge < -0.3 is 10.2 Å². The number of aliphatic hydroxyl groups excluding tert-OH is 1. The van der Waals surface area contributed by atoms with Crippen LogP contribution in [0.25, 0.3) is 0 Å². The zero-order chi connectivity index (χ0) is 10.7. The highest BCUT2D eigenvalue weighted by molar-refractivity contribution is 7.81. The molecule has 0 spiro atoms. The lowest BCUT2D eigenvalue weighted by Crippen LogP contribution is -2.29. The molecule has 0 aromatic rings. The molecule has 0 fully saturated rings. The van der Waals surface area contributed by atoms with Crippen molar-refractivity contribution in [2.45, 2.75) is 23.7 Å². The zero-order valence-corrected chi connectivity index (χ0v) is 8.55. The maximum atomic E-state index is 10.1. The van der Waals surface area contributed by atoms with Crippen molar-refractivity contribution < 1.29 is 27.4 Å². The Hall–Kier alpha value is 0.370. The van der Waals surface area contributed by atoms with Crippen LogP contribution in [-0.2, 0) is 14.6 Å². The molecule has 0 aromatic carbocycles. The van der Waals surface area contributed by atoms with Gasteiger partial charge in [-0.15, -0.1) is 0 Å². The number of alkyl halides is 2. The molecule has 0 unspecified atom stereocenters. The highest BCUT2D eigenvalue weighted by Gasteiger charge is 2.31. The molecule has 80 valence electrons. The van der Waals surface area contributed by atoms with Crippen LogP contribution in [0.5, 0.6) is 0 Å². The summed E-state index contributed by atoms with van der Waals surface area (Å²) in [5, 5.41) is 14.9. The molecule has 0 aliphatic heterocycles. The highest BCUT2D eigenvalue weighted by atomic mass is 35.5. The Morgan fingerprint density at radius 3 is 2.31 bits per heavy atom. The SMILES string of the molecule is O=S(=O)(O)O[C@](O)(Cl)CC[C@@H](O)Cl. The van der Waals surface area contributed by atoms with Crippen molar-refractivity contribution in [3.63, 3.8) is 0 Å². The largest absolute Gasteiger partial charge is 0.401 e. The van der Waals surface area contributed by atoms with Crippen LogP contribution in [0.2, 0.25) is 0 Å². The number of hydrogen-bond acceptors (Lipinski definition) is 5. The minimum absolute atomic E-state index is 0.197. The molecule has 6 nitrogen and oxygen atoms in total. The average molecular weight is 255 g/mol. The van der Waals surface area contributed by atoms with Crippen LogP contribution >= 0.6 is 23.2 Å². The quantitative estimate of drug-likeness (QED) is 0.363. The van der Waals surface area contributed by atoms with Crippen molar-refractivity contribution in [1.29, 1.82) is 0 Å². The minimum Gasteiger partial charge on any atom is -0.378 e. The highest BCUT2D eigenvalue weighted by Crippen LogP contribution is 2.23. The number of halogens is 2. The van der Waals surface area contributed by atoms with Crippen molar-refractivity contribution in [1.82, 2.24) is 0 Å². The predicted octanol–water partition coefficient (Wildman–Crippen LogP) is 0.0281. The monoisotopic (exact) mass is 254 g/mol. The predicted molar refractivity (Wildman–Crippen MR) is 44.5 cm³/mol. The Balaban J connectivity index is 4.09. The summed E-state index contributed by atoms with van der Waals surface area (Å²) < 4.78 is 32.0. The molecular formula is C4H8Cl2O6S. The van der Waals surface area contributed by atoms with Gasteiger partial charge in [0.1, 0.15) is 5.56 Å². The second-order valence-electron chi connectivity index (χ2n) is 2.17. The van der Waals surface area contributed by atoms with Gasteiger partial charge in [0, 0.05) is 6.42 Å². The molecule has 0 aliphatic rings. The van der Waals surface area contributed by atoms with Crippen LogP contribution in [0.1, 0.15) is 12.8 Å². The maximum Gasteiger partial charge on any atom is 0.401 e. The molecule has 0 aromatic heterocycles. The summed E-state index contributed by atoms with van der Waals surface area (Å²) in [6.07, 6.45) is -0.657. The molecule has 13 heavy (non-hydrogen) atoms. The molecule has 0 saturated heterocycles. The third-order valence-corrected chi connectivity index (χ3v) is 1.99. The van der Waals surface area contributed by atoms with E-state index in [1.54, 1.807) is 0 Å². The molecule has 0 saturated carbocycles. The van der Waals surface area contributed by atoms with E-state index in [9.17, 15) is 8.42 Å². The third kappa shape index (κ3) is 8.69. The Morgan fingerprint density at radius 1 is 1.54 bits per heavy atom. The van der Waals surface area contributed by atoms with E-state index in [0.717, 1.165) is 0 Å². The van der Waals surface area contributed by atoms with Gasteiger partial charge in [0.2, 0.25) is 0 Å². The fraction of sp³-hybridized carbons (Fsp3) is 1.00. The standard InChI is InChI=1S/C4H8Cl2O6S/c5-3(7)1-2-4(6,8)12-13(9,10)11/h3,7-8H,1-2H2,(H,9,10,11)/t3-,4+/m1/s1. The van der Waals surface area contributed by atoms with Gasteiger partial charge in [0.15, 0.2) is 0 Å². The number of aliphatic hydroxyl groups is 2. The maximum absolute atomic E-state index is 10.1. The van der Waals surface area contributed by atoms with E-state index in [-0.39, 0.29) is 6.42 Å². The van der Waals surface area contributed by atoms with Gasteiger partial charge in [0.25, 0.3) is 5.25 Å². The average Bonchev–Trinajstić information content (AvgIpc) is 1.78. The lowest BCUT2D eigenvalue weighted by Gasteiger charge is -2.18. The first-order valence-corrected chi connectivity index (χ1v) is 5.22. The fourth-order valence-corrected chi connectivity index (χ4v) is 1.36. The lowest BCUT2D eigenvalue weighted by molar-refractivity contribution is -0.0725. The molecule has 0 heterocycles. The van der Waals surface area contributed by atoms with E-state index in [2.05, 4.69) is 4.18 Å². The first kappa shape index (κ1) is 13.4.